The van der Waals surface area contributed by atoms with Gasteiger partial charge >= 0.3 is 0 Å². The van der Waals surface area contributed by atoms with E-state index in [2.05, 4.69) is 20.9 Å². The van der Waals surface area contributed by atoms with Crippen molar-refractivity contribution >= 4 is 38.4 Å². The van der Waals surface area contributed by atoms with E-state index in [4.69, 9.17) is 0 Å². The van der Waals surface area contributed by atoms with Crippen LogP contribution in [0.15, 0.2) is 51.9 Å². The normalized spacial score (nSPS) is 10.8. The molecule has 3 rings (SSSR count). The number of nitrogens with zero attached hydrogens (tertiary/aromatic N) is 3. The van der Waals surface area contributed by atoms with Gasteiger partial charge in [-0.05, 0) is 37.3 Å². The molecule has 6 nitrogen and oxygen atoms in total. The van der Waals surface area contributed by atoms with Crippen LogP contribution >= 0.6 is 15.9 Å². The number of fused-ring (bicyclic) bond motifs is 1. The van der Waals surface area contributed by atoms with Crippen molar-refractivity contribution in [3.8, 4) is 0 Å². The van der Waals surface area contributed by atoms with Crippen LogP contribution < -0.4 is 5.56 Å². The highest BCUT2D eigenvalue weighted by molar-refractivity contribution is 9.10. The smallest absolute Gasteiger partial charge is 0.271 e. The van der Waals surface area contributed by atoms with Gasteiger partial charge in [0.1, 0.15) is 5.69 Å². The second kappa shape index (κ2) is 7.44. The average Bonchev–Trinajstić information content (AvgIpc) is 2.63. The van der Waals surface area contributed by atoms with Crippen LogP contribution in [0.2, 0.25) is 0 Å². The van der Waals surface area contributed by atoms with Gasteiger partial charge in [0.05, 0.1) is 12.2 Å². The molecule has 0 aliphatic carbocycles. The number of carbonyl (C=O) groups excluding carboxylic acids is 2. The van der Waals surface area contributed by atoms with Crippen LogP contribution in [0.1, 0.15) is 33.5 Å². The first-order valence-corrected chi connectivity index (χ1v) is 9.08. The van der Waals surface area contributed by atoms with Crippen LogP contribution in [0, 0.1) is 0 Å². The number of amides is 1. The molecule has 0 bridgehead atoms. The summed E-state index contributed by atoms with van der Waals surface area (Å²) in [5.41, 5.74) is 1.12. The molecule has 0 N–H and O–H groups in total. The van der Waals surface area contributed by atoms with Crippen molar-refractivity contribution in [2.75, 3.05) is 14.1 Å². The minimum absolute atomic E-state index is 0.128. The summed E-state index contributed by atoms with van der Waals surface area (Å²) in [4.78, 5) is 42.9. The number of rotatable bonds is 4. The van der Waals surface area contributed by atoms with E-state index in [0.717, 1.165) is 4.47 Å². The predicted molar refractivity (Wildman–Crippen MR) is 107 cm³/mol. The van der Waals surface area contributed by atoms with Gasteiger partial charge in [0.2, 0.25) is 0 Å². The Labute approximate surface area is 164 Å². The van der Waals surface area contributed by atoms with E-state index in [1.54, 1.807) is 56.7 Å². The number of carbonyl (C=O) groups is 2. The van der Waals surface area contributed by atoms with Crippen molar-refractivity contribution in [3.63, 3.8) is 0 Å². The Kier molecular flexibility index (Phi) is 5.23. The number of hydrogen-bond acceptors (Lipinski definition) is 4. The van der Waals surface area contributed by atoms with E-state index in [-0.39, 0.29) is 23.8 Å². The maximum Gasteiger partial charge on any atom is 0.271 e. The van der Waals surface area contributed by atoms with Crippen molar-refractivity contribution < 1.29 is 9.59 Å². The third kappa shape index (κ3) is 3.83. The summed E-state index contributed by atoms with van der Waals surface area (Å²) in [6.07, 6.45) is 1.56. The molecule has 3 aromatic rings. The summed E-state index contributed by atoms with van der Waals surface area (Å²) in [6.45, 7) is 1.64. The monoisotopic (exact) mass is 427 g/mol. The minimum atomic E-state index is -0.214. The fourth-order valence-corrected chi connectivity index (χ4v) is 3.21. The van der Waals surface area contributed by atoms with Gasteiger partial charge in [0.25, 0.3) is 11.5 Å². The molecule has 0 aliphatic rings. The molecule has 0 fully saturated rings. The lowest BCUT2D eigenvalue weighted by atomic mass is 10.0. The van der Waals surface area contributed by atoms with Gasteiger partial charge in [0, 0.05) is 41.1 Å². The van der Waals surface area contributed by atoms with E-state index in [0.29, 0.717) is 27.7 Å². The third-order valence-electron chi connectivity index (χ3n) is 4.19. The van der Waals surface area contributed by atoms with Gasteiger partial charge in [0.15, 0.2) is 5.78 Å². The molecule has 1 aromatic carbocycles. The van der Waals surface area contributed by atoms with Crippen molar-refractivity contribution in [2.45, 2.75) is 13.5 Å². The van der Waals surface area contributed by atoms with E-state index in [1.165, 1.54) is 16.4 Å². The number of aromatic nitrogens is 2. The highest BCUT2D eigenvalue weighted by atomic mass is 79.9. The molecule has 27 heavy (non-hydrogen) atoms. The molecular formula is C20H18BrN3O3. The summed E-state index contributed by atoms with van der Waals surface area (Å²) < 4.78 is 2.25. The molecule has 0 aliphatic heterocycles. The van der Waals surface area contributed by atoms with Gasteiger partial charge in [-0.1, -0.05) is 22.0 Å². The number of hydrogen-bond donors (Lipinski definition) is 0. The Hall–Kier alpha value is -2.80. The Morgan fingerprint density at radius 2 is 1.89 bits per heavy atom. The second-order valence-corrected chi connectivity index (χ2v) is 7.35. The van der Waals surface area contributed by atoms with Gasteiger partial charge in [-0.3, -0.25) is 14.4 Å². The third-order valence-corrected chi connectivity index (χ3v) is 4.68. The lowest BCUT2D eigenvalue weighted by Crippen LogP contribution is -2.25. The zero-order valence-corrected chi connectivity index (χ0v) is 16.8. The maximum absolute atomic E-state index is 12.9. The minimum Gasteiger partial charge on any atom is -0.343 e. The van der Waals surface area contributed by atoms with Crippen LogP contribution in [-0.4, -0.2) is 40.2 Å². The fraction of sp³-hybridized carbons (Fsp3) is 0.200. The van der Waals surface area contributed by atoms with Crippen LogP contribution in [-0.2, 0) is 6.54 Å². The first-order valence-electron chi connectivity index (χ1n) is 8.29. The van der Waals surface area contributed by atoms with Gasteiger partial charge in [-0.2, -0.15) is 0 Å². The van der Waals surface area contributed by atoms with Gasteiger partial charge in [-0.15, -0.1) is 0 Å². The quantitative estimate of drug-likeness (QED) is 0.599. The molecule has 0 saturated carbocycles. The molecule has 0 atom stereocenters. The van der Waals surface area contributed by atoms with Crippen LogP contribution in [0.25, 0.3) is 10.8 Å². The van der Waals surface area contributed by atoms with Crippen molar-refractivity contribution in [2.24, 2.45) is 0 Å². The number of Topliss-reactive ketones (excluding diaryl/α,β-unsaturated/α-hetero) is 1. The number of ketones is 1. The summed E-state index contributed by atoms with van der Waals surface area (Å²) in [5.74, 6) is -0.340. The Morgan fingerprint density at radius 1 is 1.15 bits per heavy atom. The molecule has 2 aromatic heterocycles. The first-order chi connectivity index (χ1) is 12.8. The zero-order valence-electron chi connectivity index (χ0n) is 15.2. The topological polar surface area (TPSA) is 72.3 Å². The van der Waals surface area contributed by atoms with E-state index in [9.17, 15) is 14.4 Å². The largest absolute Gasteiger partial charge is 0.343 e. The molecule has 0 radical (unpaired) electrons. The maximum atomic E-state index is 12.9. The molecule has 0 spiro atoms. The average molecular weight is 428 g/mol. The summed E-state index contributed by atoms with van der Waals surface area (Å²) in [5, 5.41) is 1.08. The number of halogens is 1. The van der Waals surface area contributed by atoms with Crippen molar-refractivity contribution in [1.29, 1.82) is 0 Å². The van der Waals surface area contributed by atoms with Crippen molar-refractivity contribution in [1.82, 2.24) is 14.5 Å². The van der Waals surface area contributed by atoms with E-state index >= 15 is 0 Å². The highest BCUT2D eigenvalue weighted by Crippen LogP contribution is 2.21. The Morgan fingerprint density at radius 3 is 2.56 bits per heavy atom. The molecule has 7 heteroatoms. The molecule has 0 unspecified atom stereocenters. The number of pyridine rings is 2. The first kappa shape index (κ1) is 19.0. The lowest BCUT2D eigenvalue weighted by molar-refractivity contribution is 0.0821. The molecule has 138 valence electrons. The molecule has 1 amide bonds. The van der Waals surface area contributed by atoms with Crippen LogP contribution in [0.4, 0.5) is 0 Å². The molecule has 2 heterocycles. The van der Waals surface area contributed by atoms with Gasteiger partial charge in [-0.25, -0.2) is 4.98 Å². The van der Waals surface area contributed by atoms with E-state index in [1.807, 2.05) is 0 Å². The zero-order chi connectivity index (χ0) is 19.7. The molecular weight excluding hydrogens is 410 g/mol. The summed E-state index contributed by atoms with van der Waals surface area (Å²) in [6, 6.07) is 10.4. The highest BCUT2D eigenvalue weighted by Gasteiger charge is 2.14. The summed E-state index contributed by atoms with van der Waals surface area (Å²) in [7, 11) is 3.31. The lowest BCUT2D eigenvalue weighted by Gasteiger charge is -2.13. The van der Waals surface area contributed by atoms with Crippen molar-refractivity contribution in [3.05, 3.63) is 74.4 Å². The standard InChI is InChI=1S/C20H18BrN3O3/c1-12(25)17-11-24(19(26)15-8-7-13(21)9-16(15)17)10-14-5-4-6-18(22-14)20(27)23(2)3/h4-9,11H,10H2,1-3H3. The fourth-order valence-electron chi connectivity index (χ4n) is 2.85. The second-order valence-electron chi connectivity index (χ2n) is 6.44. The van der Waals surface area contributed by atoms with Gasteiger partial charge < -0.3 is 9.47 Å². The Balaban J connectivity index is 2.11. The number of benzene rings is 1. The Bertz CT molecular complexity index is 1120. The SMILES string of the molecule is CC(=O)c1cn(Cc2cccc(C(=O)N(C)C)n2)c(=O)c2ccc(Br)cc12. The van der Waals surface area contributed by atoms with Crippen LogP contribution in [0.5, 0.6) is 0 Å². The summed E-state index contributed by atoms with van der Waals surface area (Å²) >= 11 is 3.38. The van der Waals surface area contributed by atoms with E-state index < -0.39 is 0 Å². The molecule has 0 saturated heterocycles. The van der Waals surface area contributed by atoms with Crippen LogP contribution in [0.3, 0.4) is 0 Å². The predicted octanol–water partition coefficient (Wildman–Crippen LogP) is 3.11.